The van der Waals surface area contributed by atoms with Crippen molar-refractivity contribution in [3.05, 3.63) is 40.9 Å². The summed E-state index contributed by atoms with van der Waals surface area (Å²) < 4.78 is 10.6. The van der Waals surface area contributed by atoms with E-state index in [0.717, 1.165) is 5.03 Å². The van der Waals surface area contributed by atoms with Gasteiger partial charge in [0.1, 0.15) is 33.6 Å². The predicted molar refractivity (Wildman–Crippen MR) is 108 cm³/mol. The molecule has 7 nitrogen and oxygen atoms in total. The molecule has 1 aromatic carbocycles. The maximum absolute atomic E-state index is 6.43. The lowest BCUT2D eigenvalue weighted by Gasteiger charge is -2.16. The minimum atomic E-state index is 0.299. The third-order valence-corrected chi connectivity index (χ3v) is 5.00. The van der Waals surface area contributed by atoms with Gasteiger partial charge in [0.05, 0.1) is 30.6 Å². The van der Waals surface area contributed by atoms with E-state index in [2.05, 4.69) is 25.3 Å². The Labute approximate surface area is 170 Å². The van der Waals surface area contributed by atoms with Crippen LogP contribution in [0.15, 0.2) is 35.9 Å². The van der Waals surface area contributed by atoms with Crippen molar-refractivity contribution in [3.63, 3.8) is 0 Å². The van der Waals surface area contributed by atoms with Gasteiger partial charge < -0.3 is 14.8 Å². The summed E-state index contributed by atoms with van der Waals surface area (Å²) in [6.07, 6.45) is 6.55. The zero-order valence-corrected chi connectivity index (χ0v) is 17.0. The Bertz CT molecular complexity index is 946. The van der Waals surface area contributed by atoms with E-state index < -0.39 is 0 Å². The largest absolute Gasteiger partial charge is 0.495 e. The molecular weight excluding hydrogens is 409 g/mol. The molecule has 27 heavy (non-hydrogen) atoms. The van der Waals surface area contributed by atoms with Gasteiger partial charge in [-0.2, -0.15) is 0 Å². The van der Waals surface area contributed by atoms with Gasteiger partial charge >= 0.3 is 0 Å². The van der Waals surface area contributed by atoms with Crippen LogP contribution in [0.25, 0.3) is 11.4 Å². The normalized spacial score (nSPS) is 10.6. The van der Waals surface area contributed by atoms with E-state index in [1.54, 1.807) is 18.5 Å². The summed E-state index contributed by atoms with van der Waals surface area (Å²) in [5.41, 5.74) is 1.55. The molecule has 0 fully saturated rings. The fraction of sp³-hybridized carbons (Fsp3) is 0.176. The molecule has 0 spiro atoms. The number of aromatic nitrogens is 4. The number of halogens is 2. The molecule has 0 radical (unpaired) electrons. The first kappa shape index (κ1) is 19.5. The average Bonchev–Trinajstić information content (AvgIpc) is 2.71. The quantitative estimate of drug-likeness (QED) is 0.450. The van der Waals surface area contributed by atoms with E-state index in [0.29, 0.717) is 44.4 Å². The maximum Gasteiger partial charge on any atom is 0.158 e. The molecule has 0 unspecified atom stereocenters. The maximum atomic E-state index is 6.43. The summed E-state index contributed by atoms with van der Waals surface area (Å²) in [4.78, 5) is 17.2. The van der Waals surface area contributed by atoms with Gasteiger partial charge in [-0.1, -0.05) is 23.2 Å². The number of rotatable bonds is 6. The summed E-state index contributed by atoms with van der Waals surface area (Å²) in [7, 11) is 3.02. The van der Waals surface area contributed by atoms with Crippen molar-refractivity contribution >= 4 is 46.5 Å². The Morgan fingerprint density at radius 3 is 2.22 bits per heavy atom. The Morgan fingerprint density at radius 1 is 0.926 bits per heavy atom. The van der Waals surface area contributed by atoms with E-state index in [-0.39, 0.29) is 0 Å². The first-order valence-electron chi connectivity index (χ1n) is 7.63. The molecule has 0 saturated carbocycles. The number of benzene rings is 1. The second kappa shape index (κ2) is 8.60. The molecule has 2 aromatic heterocycles. The Kier molecular flexibility index (Phi) is 6.20. The molecule has 0 aliphatic rings. The van der Waals surface area contributed by atoms with E-state index >= 15 is 0 Å². The predicted octanol–water partition coefficient (Wildman–Crippen LogP) is 4.72. The highest BCUT2D eigenvalue weighted by Crippen LogP contribution is 2.45. The van der Waals surface area contributed by atoms with Crippen LogP contribution in [0.5, 0.6) is 11.5 Å². The number of nitrogens with one attached hydrogen (secondary N) is 1. The van der Waals surface area contributed by atoms with Gasteiger partial charge in [0.25, 0.3) is 0 Å². The Hall–Kier alpha value is -2.29. The van der Waals surface area contributed by atoms with Crippen LogP contribution in [0.3, 0.4) is 0 Å². The molecule has 0 aliphatic carbocycles. The van der Waals surface area contributed by atoms with Gasteiger partial charge in [-0.25, -0.2) is 19.9 Å². The summed E-state index contributed by atoms with van der Waals surface area (Å²) in [6, 6.07) is 3.44. The third kappa shape index (κ3) is 4.02. The van der Waals surface area contributed by atoms with E-state index in [4.69, 9.17) is 32.7 Å². The highest BCUT2D eigenvalue weighted by molar-refractivity contribution is 7.98. The van der Waals surface area contributed by atoms with Crippen LogP contribution in [0, 0.1) is 0 Å². The monoisotopic (exact) mass is 423 g/mol. The van der Waals surface area contributed by atoms with E-state index in [9.17, 15) is 0 Å². The number of hydrogen-bond acceptors (Lipinski definition) is 8. The molecule has 0 saturated heterocycles. The molecular formula is C17H15Cl2N5O2S. The number of ether oxygens (including phenoxy) is 2. The zero-order chi connectivity index (χ0) is 19.4. The average molecular weight is 424 g/mol. The minimum absolute atomic E-state index is 0.299. The highest BCUT2D eigenvalue weighted by atomic mass is 35.5. The van der Waals surface area contributed by atoms with Crippen molar-refractivity contribution in [1.82, 2.24) is 19.9 Å². The van der Waals surface area contributed by atoms with E-state index in [1.807, 2.05) is 12.3 Å². The van der Waals surface area contributed by atoms with Crippen molar-refractivity contribution in [2.24, 2.45) is 0 Å². The van der Waals surface area contributed by atoms with Crippen LogP contribution in [0.2, 0.25) is 10.0 Å². The summed E-state index contributed by atoms with van der Waals surface area (Å²) in [5, 5.41) is 4.54. The van der Waals surface area contributed by atoms with Gasteiger partial charge in [0.2, 0.25) is 0 Å². The molecule has 2 heterocycles. The molecule has 0 atom stereocenters. The summed E-state index contributed by atoms with van der Waals surface area (Å²) >= 11 is 14.4. The summed E-state index contributed by atoms with van der Waals surface area (Å²) in [5.74, 6) is 1.26. The van der Waals surface area contributed by atoms with Crippen LogP contribution < -0.4 is 14.8 Å². The number of nitrogens with zero attached hydrogens (tertiary/aromatic N) is 4. The summed E-state index contributed by atoms with van der Waals surface area (Å²) in [6.45, 7) is 0. The molecule has 0 amide bonds. The van der Waals surface area contributed by atoms with Gasteiger partial charge in [0, 0.05) is 18.5 Å². The van der Waals surface area contributed by atoms with Gasteiger partial charge in [-0.15, -0.1) is 11.8 Å². The van der Waals surface area contributed by atoms with Crippen molar-refractivity contribution in [1.29, 1.82) is 0 Å². The molecule has 140 valence electrons. The van der Waals surface area contributed by atoms with Crippen molar-refractivity contribution in [2.45, 2.75) is 5.03 Å². The first-order valence-corrected chi connectivity index (χ1v) is 9.61. The molecule has 0 bridgehead atoms. The van der Waals surface area contributed by atoms with Crippen molar-refractivity contribution in [3.8, 4) is 22.9 Å². The van der Waals surface area contributed by atoms with Crippen LogP contribution in [0.1, 0.15) is 0 Å². The third-order valence-electron chi connectivity index (χ3n) is 3.61. The van der Waals surface area contributed by atoms with Gasteiger partial charge in [0.15, 0.2) is 5.82 Å². The van der Waals surface area contributed by atoms with Crippen molar-refractivity contribution < 1.29 is 9.47 Å². The minimum Gasteiger partial charge on any atom is -0.495 e. The fourth-order valence-electron chi connectivity index (χ4n) is 2.31. The SMILES string of the molecule is COc1cc(OC)c(Cl)c(Nc2nccnc2-c2cc(SC)ncn2)c1Cl. The molecule has 3 aromatic rings. The molecule has 3 rings (SSSR count). The van der Waals surface area contributed by atoms with Gasteiger partial charge in [-0.05, 0) is 12.3 Å². The lowest BCUT2D eigenvalue weighted by atomic mass is 10.2. The number of thioether (sulfide) groups is 1. The molecule has 1 N–H and O–H groups in total. The van der Waals surface area contributed by atoms with Crippen molar-refractivity contribution in [2.75, 3.05) is 25.8 Å². The van der Waals surface area contributed by atoms with E-state index in [1.165, 1.54) is 32.3 Å². The van der Waals surface area contributed by atoms with Gasteiger partial charge in [-0.3, -0.25) is 0 Å². The number of methoxy groups -OCH3 is 2. The topological polar surface area (TPSA) is 82.0 Å². The zero-order valence-electron chi connectivity index (χ0n) is 14.7. The standard InChI is InChI=1S/C17H15Cl2N5O2S/c1-25-10-7-11(26-2)14(19)16(13(10)18)24-17-15(20-4-5-21-17)9-6-12(27-3)23-8-22-9/h4-8H,1-3H3,(H,21,24). The van der Waals surface area contributed by atoms with Crippen LogP contribution in [-0.2, 0) is 0 Å². The van der Waals surface area contributed by atoms with Crippen LogP contribution >= 0.6 is 35.0 Å². The molecule has 10 heteroatoms. The van der Waals surface area contributed by atoms with Crippen LogP contribution in [0.4, 0.5) is 11.5 Å². The number of anilines is 2. The lowest BCUT2D eigenvalue weighted by Crippen LogP contribution is -2.02. The first-order chi connectivity index (χ1) is 13.1. The lowest BCUT2D eigenvalue weighted by molar-refractivity contribution is 0.395. The second-order valence-corrected chi connectivity index (χ2v) is 6.69. The molecule has 0 aliphatic heterocycles. The second-order valence-electron chi connectivity index (χ2n) is 5.11. The smallest absolute Gasteiger partial charge is 0.158 e. The van der Waals surface area contributed by atoms with Crippen LogP contribution in [-0.4, -0.2) is 40.4 Å². The Morgan fingerprint density at radius 2 is 1.59 bits per heavy atom. The Balaban J connectivity index is 2.10. The number of hydrogen-bond donors (Lipinski definition) is 1. The fourth-order valence-corrected chi connectivity index (χ4v) is 3.29. The highest BCUT2D eigenvalue weighted by Gasteiger charge is 2.20.